The van der Waals surface area contributed by atoms with Crippen LogP contribution in [0.3, 0.4) is 0 Å². The van der Waals surface area contributed by atoms with Crippen molar-refractivity contribution >= 4 is 16.6 Å². The maximum absolute atomic E-state index is 12.3. The molecule has 1 unspecified atom stereocenters. The second-order valence-electron chi connectivity index (χ2n) is 26.7. The standard InChI is InChI=1S/C58H94O11Si2/c1-52(2,3)70(12,13)62-32-22-29-54(7)50(68-71(14,15)53(4,5)6)34-44-42(65-54)27-28-47(63-44)58(11)46(59)35-49-57(10,69-58)36-51-56(9,67-49)31-30-55(8)48(64-51)33-43(61-38-41-25-20-17-21-26-41)45(66-55)39-60-37-40-23-18-16-19-24-40/h16-21,23-26,42-51,59H,22,27-39H2,1-15H3/t42-,43+,44+,45?,46-,47+,48-,49+,50-,51+,54+,55+,56-,57-,58-/m1/s1. The first kappa shape index (κ1) is 55.7. The van der Waals surface area contributed by atoms with Crippen molar-refractivity contribution < 1.29 is 51.9 Å². The number of aliphatic hydroxyl groups is 1. The van der Waals surface area contributed by atoms with Crippen LogP contribution in [0.15, 0.2) is 60.7 Å². The second kappa shape index (κ2) is 20.8. The van der Waals surface area contributed by atoms with Gasteiger partial charge in [-0.2, -0.15) is 0 Å². The maximum Gasteiger partial charge on any atom is 0.192 e. The molecular weight excluding hydrogens is 929 g/mol. The van der Waals surface area contributed by atoms with Crippen molar-refractivity contribution in [1.82, 2.24) is 0 Å². The van der Waals surface area contributed by atoms with Gasteiger partial charge in [0.2, 0.25) is 0 Å². The monoisotopic (exact) mass is 1020 g/mol. The predicted molar refractivity (Wildman–Crippen MR) is 284 cm³/mol. The Labute approximate surface area is 430 Å². The minimum absolute atomic E-state index is 0.0331. The number of benzene rings is 2. The lowest BCUT2D eigenvalue weighted by Gasteiger charge is -2.61. The maximum atomic E-state index is 12.3. The molecule has 2 aromatic carbocycles. The van der Waals surface area contributed by atoms with E-state index in [1.54, 1.807) is 0 Å². The highest BCUT2D eigenvalue weighted by molar-refractivity contribution is 6.74. The zero-order valence-corrected chi connectivity index (χ0v) is 48.5. The van der Waals surface area contributed by atoms with E-state index in [-0.39, 0.29) is 65.0 Å². The normalized spacial score (nSPS) is 40.2. The molecule has 11 nitrogen and oxygen atoms in total. The van der Waals surface area contributed by atoms with Crippen LogP contribution in [0.2, 0.25) is 36.3 Å². The summed E-state index contributed by atoms with van der Waals surface area (Å²) in [4.78, 5) is 0. The van der Waals surface area contributed by atoms with E-state index in [9.17, 15) is 5.11 Å². The molecule has 2 aromatic rings. The van der Waals surface area contributed by atoms with Crippen LogP contribution in [0, 0.1) is 0 Å². The third kappa shape index (κ3) is 11.9. The molecule has 6 heterocycles. The first-order valence-corrected chi connectivity index (χ1v) is 33.2. The lowest BCUT2D eigenvalue weighted by atomic mass is 9.71. The summed E-state index contributed by atoms with van der Waals surface area (Å²) >= 11 is 0. The Morgan fingerprint density at radius 2 is 1.27 bits per heavy atom. The Kier molecular flexibility index (Phi) is 16.3. The minimum Gasteiger partial charge on any atom is -0.417 e. The molecule has 15 atom stereocenters. The van der Waals surface area contributed by atoms with Crippen molar-refractivity contribution in [1.29, 1.82) is 0 Å². The predicted octanol–water partition coefficient (Wildman–Crippen LogP) is 12.0. The van der Waals surface area contributed by atoms with Gasteiger partial charge in [-0.05, 0) is 121 Å². The van der Waals surface area contributed by atoms with Gasteiger partial charge in [-0.3, -0.25) is 0 Å². The molecule has 6 fully saturated rings. The fourth-order valence-electron chi connectivity index (χ4n) is 11.9. The highest BCUT2D eigenvalue weighted by Crippen LogP contribution is 2.55. The summed E-state index contributed by atoms with van der Waals surface area (Å²) < 4.78 is 70.6. The number of ether oxygens (including phenoxy) is 8. The number of hydrogen-bond donors (Lipinski definition) is 1. The van der Waals surface area contributed by atoms with Crippen molar-refractivity contribution in [3.63, 3.8) is 0 Å². The van der Waals surface area contributed by atoms with E-state index in [1.165, 1.54) is 0 Å². The third-order valence-electron chi connectivity index (χ3n) is 19.0. The number of hydrogen-bond acceptors (Lipinski definition) is 11. The van der Waals surface area contributed by atoms with E-state index in [0.717, 1.165) is 56.3 Å². The van der Waals surface area contributed by atoms with Crippen molar-refractivity contribution in [2.75, 3.05) is 13.2 Å². The molecule has 13 heteroatoms. The van der Waals surface area contributed by atoms with Gasteiger partial charge in [-0.1, -0.05) is 102 Å². The molecule has 6 saturated heterocycles. The van der Waals surface area contributed by atoms with Crippen molar-refractivity contribution in [3.05, 3.63) is 71.8 Å². The third-order valence-corrected chi connectivity index (χ3v) is 28.0. The molecule has 0 bridgehead atoms. The SMILES string of the molecule is CC(C)(C)[Si](C)(C)OCCC[C@]1(C)O[C@@H]2CC[C@@H]([C@]3(C)O[C@]4(C)C[C@@H]5O[C@@H]6C[C@H](OCc7ccccc7)C(COCc7ccccc7)O[C@@]6(C)CC[C@@]5(C)O[C@H]4C[C@H]3O)O[C@H]2C[C@H]1O[Si](C)(C)C(C)(C)C. The quantitative estimate of drug-likeness (QED) is 0.136. The fourth-order valence-corrected chi connectivity index (χ4v) is 14.4. The Hall–Kier alpha value is -1.57. The molecule has 400 valence electrons. The highest BCUT2D eigenvalue weighted by Gasteiger charge is 2.65. The Morgan fingerprint density at radius 1 is 0.648 bits per heavy atom. The highest BCUT2D eigenvalue weighted by atomic mass is 28.4. The van der Waals surface area contributed by atoms with Crippen LogP contribution >= 0.6 is 0 Å². The van der Waals surface area contributed by atoms with Crippen molar-refractivity contribution in [3.8, 4) is 0 Å². The first-order chi connectivity index (χ1) is 33.1. The van der Waals surface area contributed by atoms with E-state index in [2.05, 4.69) is 127 Å². The van der Waals surface area contributed by atoms with Crippen LogP contribution in [0.4, 0.5) is 0 Å². The summed E-state index contributed by atoms with van der Waals surface area (Å²) in [6, 6.07) is 20.6. The van der Waals surface area contributed by atoms with Crippen molar-refractivity contribution in [2.24, 2.45) is 0 Å². The Bertz CT molecular complexity index is 2060. The minimum atomic E-state index is -2.20. The molecular formula is C58H94O11Si2. The average molecular weight is 1020 g/mol. The van der Waals surface area contributed by atoms with Crippen molar-refractivity contribution in [2.45, 2.75) is 279 Å². The summed E-state index contributed by atoms with van der Waals surface area (Å²) in [5.41, 5.74) is -1.17. The summed E-state index contributed by atoms with van der Waals surface area (Å²) in [6.45, 7) is 36.1. The Balaban J connectivity index is 0.962. The van der Waals surface area contributed by atoms with Crippen LogP contribution in [-0.2, 0) is 60.0 Å². The van der Waals surface area contributed by atoms with E-state index in [4.69, 9.17) is 46.7 Å². The second-order valence-corrected chi connectivity index (χ2v) is 36.2. The van der Waals surface area contributed by atoms with Crippen LogP contribution in [0.5, 0.6) is 0 Å². The number of rotatable bonds is 15. The van der Waals surface area contributed by atoms with Gasteiger partial charge in [0.25, 0.3) is 0 Å². The van der Waals surface area contributed by atoms with E-state index in [1.807, 2.05) is 36.4 Å². The van der Waals surface area contributed by atoms with Gasteiger partial charge in [-0.15, -0.1) is 0 Å². The van der Waals surface area contributed by atoms with Gasteiger partial charge >= 0.3 is 0 Å². The molecule has 0 radical (unpaired) electrons. The van der Waals surface area contributed by atoms with Gasteiger partial charge in [0.15, 0.2) is 16.6 Å². The molecule has 71 heavy (non-hydrogen) atoms. The molecule has 0 saturated carbocycles. The summed E-state index contributed by atoms with van der Waals surface area (Å²) in [6.07, 6.45) is 4.30. The molecule has 6 aliphatic heterocycles. The smallest absolute Gasteiger partial charge is 0.192 e. The van der Waals surface area contributed by atoms with E-state index >= 15 is 0 Å². The fraction of sp³-hybridized carbons (Fsp3) is 0.793. The topological polar surface area (TPSA) is 113 Å². The number of aliphatic hydroxyl groups excluding tert-OH is 1. The lowest BCUT2D eigenvalue weighted by Crippen LogP contribution is -2.72. The molecule has 0 aromatic heterocycles. The zero-order chi connectivity index (χ0) is 51.5. The van der Waals surface area contributed by atoms with Gasteiger partial charge in [-0.25, -0.2) is 0 Å². The van der Waals surface area contributed by atoms with Gasteiger partial charge in [0, 0.05) is 32.3 Å². The number of fused-ring (bicyclic) bond motifs is 4. The van der Waals surface area contributed by atoms with Crippen LogP contribution in [0.25, 0.3) is 0 Å². The van der Waals surface area contributed by atoms with Gasteiger partial charge in [0.1, 0.15) is 11.7 Å². The molecule has 0 amide bonds. The van der Waals surface area contributed by atoms with E-state index < -0.39 is 50.7 Å². The molecule has 0 spiro atoms. The summed E-state index contributed by atoms with van der Waals surface area (Å²) in [7, 11) is -4.08. The lowest BCUT2D eigenvalue weighted by molar-refractivity contribution is -0.366. The summed E-state index contributed by atoms with van der Waals surface area (Å²) in [5, 5.41) is 12.5. The molecule has 6 aliphatic rings. The molecule has 0 aliphatic carbocycles. The van der Waals surface area contributed by atoms with Gasteiger partial charge in [0.05, 0.1) is 97.2 Å². The van der Waals surface area contributed by atoms with Crippen LogP contribution in [0.1, 0.15) is 151 Å². The van der Waals surface area contributed by atoms with E-state index in [0.29, 0.717) is 45.5 Å². The summed E-state index contributed by atoms with van der Waals surface area (Å²) in [5.74, 6) is 0. The largest absolute Gasteiger partial charge is 0.417 e. The van der Waals surface area contributed by atoms with Gasteiger partial charge < -0.3 is 51.9 Å². The first-order valence-electron chi connectivity index (χ1n) is 27.4. The molecule has 1 N–H and O–H groups in total. The zero-order valence-electron chi connectivity index (χ0n) is 46.5. The molecule has 8 rings (SSSR count). The van der Waals surface area contributed by atoms with Crippen LogP contribution < -0.4 is 0 Å². The van der Waals surface area contributed by atoms with Crippen LogP contribution in [-0.4, -0.2) is 124 Å². The Morgan fingerprint density at radius 3 is 1.90 bits per heavy atom. The average Bonchev–Trinajstić information content (AvgIpc) is 3.39.